The summed E-state index contributed by atoms with van der Waals surface area (Å²) in [6.45, 7) is 0.122. The summed E-state index contributed by atoms with van der Waals surface area (Å²) in [6, 6.07) is 5.02. The van der Waals surface area contributed by atoms with E-state index in [4.69, 9.17) is 25.5 Å². The lowest BCUT2D eigenvalue weighted by Gasteiger charge is -2.05. The fraction of sp³-hybridized carbons (Fsp3) is 0.286. The van der Waals surface area contributed by atoms with E-state index >= 15 is 0 Å². The van der Waals surface area contributed by atoms with E-state index in [1.165, 1.54) is 21.3 Å². The van der Waals surface area contributed by atoms with Gasteiger partial charge >= 0.3 is 5.97 Å². The zero-order valence-electron chi connectivity index (χ0n) is 11.8. The van der Waals surface area contributed by atoms with Crippen molar-refractivity contribution < 1.29 is 23.4 Å². The standard InChI is InChI=1S/C14H14ClNO5/c1-18-7-10-12(14(17)20-3)21-13(16-10)9-6-8(15)4-5-11(9)19-2/h4-6H,7H2,1-3H3. The van der Waals surface area contributed by atoms with Gasteiger partial charge in [0.05, 0.1) is 26.4 Å². The number of rotatable bonds is 5. The van der Waals surface area contributed by atoms with E-state index in [-0.39, 0.29) is 18.3 Å². The number of benzene rings is 1. The Labute approximate surface area is 126 Å². The monoisotopic (exact) mass is 311 g/mol. The summed E-state index contributed by atoms with van der Waals surface area (Å²) in [5, 5.41) is 0.497. The summed E-state index contributed by atoms with van der Waals surface area (Å²) in [6.07, 6.45) is 0. The van der Waals surface area contributed by atoms with Gasteiger partial charge < -0.3 is 18.6 Å². The first kappa shape index (κ1) is 15.3. The van der Waals surface area contributed by atoms with Gasteiger partial charge in [-0.3, -0.25) is 0 Å². The maximum atomic E-state index is 11.7. The van der Waals surface area contributed by atoms with Gasteiger partial charge in [0, 0.05) is 12.1 Å². The lowest BCUT2D eigenvalue weighted by atomic mass is 10.2. The number of nitrogens with zero attached hydrogens (tertiary/aromatic N) is 1. The van der Waals surface area contributed by atoms with Gasteiger partial charge in [0.2, 0.25) is 11.7 Å². The van der Waals surface area contributed by atoms with Gasteiger partial charge in [-0.2, -0.15) is 0 Å². The molecule has 112 valence electrons. The number of hydrogen-bond donors (Lipinski definition) is 0. The van der Waals surface area contributed by atoms with Gasteiger partial charge in [0.15, 0.2) is 0 Å². The molecule has 0 N–H and O–H groups in total. The summed E-state index contributed by atoms with van der Waals surface area (Å²) in [5.74, 6) is 0.112. The van der Waals surface area contributed by atoms with Crippen LogP contribution in [0.5, 0.6) is 5.75 Å². The lowest BCUT2D eigenvalue weighted by molar-refractivity contribution is 0.0559. The van der Waals surface area contributed by atoms with Crippen LogP contribution in [0.15, 0.2) is 22.6 Å². The molecule has 0 aliphatic heterocycles. The van der Waals surface area contributed by atoms with Crippen molar-refractivity contribution >= 4 is 17.6 Å². The molecule has 0 fully saturated rings. The van der Waals surface area contributed by atoms with Gasteiger partial charge in [0.25, 0.3) is 0 Å². The third-order valence-electron chi connectivity index (χ3n) is 2.74. The lowest BCUT2D eigenvalue weighted by Crippen LogP contribution is -2.04. The summed E-state index contributed by atoms with van der Waals surface area (Å²) in [7, 11) is 4.28. The maximum absolute atomic E-state index is 11.7. The highest BCUT2D eigenvalue weighted by Gasteiger charge is 2.23. The second-order valence-electron chi connectivity index (χ2n) is 4.06. The fourth-order valence-corrected chi connectivity index (χ4v) is 1.97. The second kappa shape index (κ2) is 6.60. The molecule has 7 heteroatoms. The highest BCUT2D eigenvalue weighted by molar-refractivity contribution is 6.30. The molecule has 2 rings (SSSR count). The van der Waals surface area contributed by atoms with Crippen molar-refractivity contribution in [3.8, 4) is 17.2 Å². The molecule has 0 saturated heterocycles. The van der Waals surface area contributed by atoms with E-state index in [0.717, 1.165) is 0 Å². The van der Waals surface area contributed by atoms with Crippen molar-refractivity contribution in [2.24, 2.45) is 0 Å². The van der Waals surface area contributed by atoms with E-state index in [1.807, 2.05) is 0 Å². The van der Waals surface area contributed by atoms with Crippen molar-refractivity contribution in [1.29, 1.82) is 0 Å². The number of hydrogen-bond acceptors (Lipinski definition) is 6. The largest absolute Gasteiger partial charge is 0.496 e. The average Bonchev–Trinajstić information content (AvgIpc) is 2.90. The Morgan fingerprint density at radius 1 is 1.33 bits per heavy atom. The quantitative estimate of drug-likeness (QED) is 0.791. The van der Waals surface area contributed by atoms with Crippen LogP contribution < -0.4 is 4.74 Å². The number of oxazole rings is 1. The van der Waals surface area contributed by atoms with Crippen LogP contribution in [0.25, 0.3) is 11.5 Å². The summed E-state index contributed by atoms with van der Waals surface area (Å²) in [4.78, 5) is 16.0. The molecule has 0 bridgehead atoms. The fourth-order valence-electron chi connectivity index (χ4n) is 1.80. The molecule has 0 aliphatic rings. The molecule has 0 spiro atoms. The number of aromatic nitrogens is 1. The predicted octanol–water partition coefficient (Wildman–Crippen LogP) is 2.94. The first-order chi connectivity index (χ1) is 10.1. The zero-order chi connectivity index (χ0) is 15.4. The van der Waals surface area contributed by atoms with E-state index in [1.54, 1.807) is 18.2 Å². The Bertz CT molecular complexity index is 653. The second-order valence-corrected chi connectivity index (χ2v) is 4.50. The smallest absolute Gasteiger partial charge is 0.376 e. The average molecular weight is 312 g/mol. The molecule has 0 aliphatic carbocycles. The van der Waals surface area contributed by atoms with Crippen LogP contribution in [0, 0.1) is 0 Å². The molecule has 21 heavy (non-hydrogen) atoms. The number of carbonyl (C=O) groups is 1. The predicted molar refractivity (Wildman–Crippen MR) is 75.6 cm³/mol. The van der Waals surface area contributed by atoms with Crippen LogP contribution in [-0.2, 0) is 16.1 Å². The summed E-state index contributed by atoms with van der Waals surface area (Å²) >= 11 is 5.98. The Morgan fingerprint density at radius 2 is 2.10 bits per heavy atom. The molecule has 1 aromatic carbocycles. The third-order valence-corrected chi connectivity index (χ3v) is 2.98. The van der Waals surface area contributed by atoms with Crippen LogP contribution in [0.4, 0.5) is 0 Å². The van der Waals surface area contributed by atoms with E-state index in [2.05, 4.69) is 9.72 Å². The number of esters is 1. The van der Waals surface area contributed by atoms with Gasteiger partial charge in [-0.05, 0) is 18.2 Å². The van der Waals surface area contributed by atoms with Crippen LogP contribution in [0.2, 0.25) is 5.02 Å². The molecular weight excluding hydrogens is 298 g/mol. The summed E-state index contributed by atoms with van der Waals surface area (Å²) in [5.41, 5.74) is 0.888. The van der Waals surface area contributed by atoms with Gasteiger partial charge in [-0.15, -0.1) is 0 Å². The van der Waals surface area contributed by atoms with Gasteiger partial charge in [-0.25, -0.2) is 9.78 Å². The van der Waals surface area contributed by atoms with Crippen molar-refractivity contribution in [1.82, 2.24) is 4.98 Å². The topological polar surface area (TPSA) is 70.8 Å². The van der Waals surface area contributed by atoms with Crippen LogP contribution in [-0.4, -0.2) is 32.3 Å². The minimum absolute atomic E-state index is 0.00335. The highest BCUT2D eigenvalue weighted by atomic mass is 35.5. The van der Waals surface area contributed by atoms with Gasteiger partial charge in [-0.1, -0.05) is 11.6 Å². The van der Waals surface area contributed by atoms with Crippen molar-refractivity contribution in [2.75, 3.05) is 21.3 Å². The van der Waals surface area contributed by atoms with Crippen molar-refractivity contribution in [3.05, 3.63) is 34.7 Å². The molecule has 0 amide bonds. The Hall–Kier alpha value is -2.05. The number of ether oxygens (including phenoxy) is 3. The molecule has 0 saturated carbocycles. The number of carbonyl (C=O) groups excluding carboxylic acids is 1. The normalized spacial score (nSPS) is 10.5. The molecular formula is C14H14ClNO5. The number of halogens is 1. The molecule has 6 nitrogen and oxygen atoms in total. The maximum Gasteiger partial charge on any atom is 0.376 e. The van der Waals surface area contributed by atoms with Crippen LogP contribution >= 0.6 is 11.6 Å². The molecule has 0 radical (unpaired) electrons. The van der Waals surface area contributed by atoms with E-state index < -0.39 is 5.97 Å². The van der Waals surface area contributed by atoms with Gasteiger partial charge in [0.1, 0.15) is 11.4 Å². The zero-order valence-corrected chi connectivity index (χ0v) is 12.6. The summed E-state index contributed by atoms with van der Waals surface area (Å²) < 4.78 is 20.4. The molecule has 0 atom stereocenters. The Kier molecular flexibility index (Phi) is 4.82. The minimum atomic E-state index is -0.623. The highest BCUT2D eigenvalue weighted by Crippen LogP contribution is 2.33. The number of methoxy groups -OCH3 is 3. The molecule has 2 aromatic rings. The first-order valence-electron chi connectivity index (χ1n) is 6.01. The molecule has 1 aromatic heterocycles. The molecule has 1 heterocycles. The SMILES string of the molecule is COCc1nc(-c2cc(Cl)ccc2OC)oc1C(=O)OC. The third kappa shape index (κ3) is 3.17. The van der Waals surface area contributed by atoms with Crippen LogP contribution in [0.3, 0.4) is 0 Å². The van der Waals surface area contributed by atoms with Crippen molar-refractivity contribution in [3.63, 3.8) is 0 Å². The minimum Gasteiger partial charge on any atom is -0.496 e. The Morgan fingerprint density at radius 3 is 2.71 bits per heavy atom. The first-order valence-corrected chi connectivity index (χ1v) is 6.39. The van der Waals surface area contributed by atoms with Crippen molar-refractivity contribution in [2.45, 2.75) is 6.61 Å². The van der Waals surface area contributed by atoms with Crippen LogP contribution in [0.1, 0.15) is 16.2 Å². The Balaban J connectivity index is 2.54. The van der Waals surface area contributed by atoms with E-state index in [9.17, 15) is 4.79 Å². The molecule has 0 unspecified atom stereocenters. The van der Waals surface area contributed by atoms with E-state index in [0.29, 0.717) is 22.0 Å².